The van der Waals surface area contributed by atoms with Crippen LogP contribution in [0.15, 0.2) is 12.1 Å². The Bertz CT molecular complexity index is 428. The molecule has 1 fully saturated rings. The summed E-state index contributed by atoms with van der Waals surface area (Å²) < 4.78 is 0. The SMILES string of the molecule is Cc1nc(N(C)CC2CC2C)ccc1CNC(C)C. The zero-order valence-corrected chi connectivity index (χ0v) is 12.9. The first-order valence-corrected chi connectivity index (χ1v) is 7.38. The van der Waals surface area contributed by atoms with E-state index in [0.29, 0.717) is 6.04 Å². The van der Waals surface area contributed by atoms with Gasteiger partial charge in [-0.05, 0) is 36.8 Å². The van der Waals surface area contributed by atoms with Gasteiger partial charge in [0.15, 0.2) is 0 Å². The van der Waals surface area contributed by atoms with Gasteiger partial charge in [-0.1, -0.05) is 26.8 Å². The summed E-state index contributed by atoms with van der Waals surface area (Å²) in [6.45, 7) is 10.8. The predicted molar refractivity (Wildman–Crippen MR) is 81.5 cm³/mol. The first kappa shape index (κ1) is 14.3. The van der Waals surface area contributed by atoms with E-state index in [2.05, 4.69) is 57.1 Å². The maximum Gasteiger partial charge on any atom is 0.128 e. The van der Waals surface area contributed by atoms with E-state index in [1.54, 1.807) is 0 Å². The minimum Gasteiger partial charge on any atom is -0.359 e. The summed E-state index contributed by atoms with van der Waals surface area (Å²) in [6.07, 6.45) is 1.37. The molecule has 19 heavy (non-hydrogen) atoms. The molecule has 1 saturated carbocycles. The molecule has 106 valence electrons. The molecular formula is C16H27N3. The number of nitrogens with one attached hydrogen (secondary N) is 1. The van der Waals surface area contributed by atoms with Crippen LogP contribution in [0.5, 0.6) is 0 Å². The fraction of sp³-hybridized carbons (Fsp3) is 0.688. The van der Waals surface area contributed by atoms with Gasteiger partial charge in [0.1, 0.15) is 5.82 Å². The Labute approximate surface area is 117 Å². The van der Waals surface area contributed by atoms with Crippen molar-refractivity contribution in [3.05, 3.63) is 23.4 Å². The van der Waals surface area contributed by atoms with E-state index >= 15 is 0 Å². The molecule has 1 N–H and O–H groups in total. The van der Waals surface area contributed by atoms with Gasteiger partial charge in [-0.3, -0.25) is 0 Å². The fourth-order valence-electron chi connectivity index (χ4n) is 2.39. The first-order chi connectivity index (χ1) is 8.97. The van der Waals surface area contributed by atoms with Gasteiger partial charge >= 0.3 is 0 Å². The Kier molecular flexibility index (Phi) is 4.46. The summed E-state index contributed by atoms with van der Waals surface area (Å²) >= 11 is 0. The Hall–Kier alpha value is -1.09. The van der Waals surface area contributed by atoms with Crippen molar-refractivity contribution in [1.82, 2.24) is 10.3 Å². The normalized spacial score (nSPS) is 21.8. The molecule has 0 radical (unpaired) electrons. The molecule has 1 aliphatic carbocycles. The van der Waals surface area contributed by atoms with Crippen LogP contribution in [-0.2, 0) is 6.54 Å². The summed E-state index contributed by atoms with van der Waals surface area (Å²) in [6, 6.07) is 4.87. The molecular weight excluding hydrogens is 234 g/mol. The van der Waals surface area contributed by atoms with Gasteiger partial charge in [0.05, 0.1) is 0 Å². The van der Waals surface area contributed by atoms with E-state index in [4.69, 9.17) is 4.98 Å². The van der Waals surface area contributed by atoms with Gasteiger partial charge in [-0.15, -0.1) is 0 Å². The predicted octanol–water partition coefficient (Wildman–Crippen LogP) is 2.98. The maximum absolute atomic E-state index is 4.74. The lowest BCUT2D eigenvalue weighted by atomic mass is 10.2. The van der Waals surface area contributed by atoms with E-state index in [0.717, 1.165) is 36.4 Å². The van der Waals surface area contributed by atoms with Crippen molar-refractivity contribution >= 4 is 5.82 Å². The maximum atomic E-state index is 4.74. The highest BCUT2D eigenvalue weighted by atomic mass is 15.2. The molecule has 1 aromatic rings. The Balaban J connectivity index is 1.97. The minimum absolute atomic E-state index is 0.512. The van der Waals surface area contributed by atoms with Crippen molar-refractivity contribution in [3.8, 4) is 0 Å². The topological polar surface area (TPSA) is 28.2 Å². The average Bonchev–Trinajstić information content (AvgIpc) is 3.03. The van der Waals surface area contributed by atoms with Gasteiger partial charge in [0, 0.05) is 31.9 Å². The molecule has 0 saturated heterocycles. The lowest BCUT2D eigenvalue weighted by Gasteiger charge is -2.19. The summed E-state index contributed by atoms with van der Waals surface area (Å²) in [5.74, 6) is 2.87. The molecule has 2 rings (SSSR count). The minimum atomic E-state index is 0.512. The molecule has 0 aromatic carbocycles. The van der Waals surface area contributed by atoms with Crippen LogP contribution in [0, 0.1) is 18.8 Å². The Morgan fingerprint density at radius 2 is 2.11 bits per heavy atom. The van der Waals surface area contributed by atoms with Crippen LogP contribution in [-0.4, -0.2) is 24.6 Å². The first-order valence-electron chi connectivity index (χ1n) is 7.38. The third kappa shape index (κ3) is 3.93. The van der Waals surface area contributed by atoms with E-state index in [1.807, 2.05) is 0 Å². The summed E-state index contributed by atoms with van der Waals surface area (Å²) in [5, 5.41) is 3.45. The number of pyridine rings is 1. The molecule has 3 nitrogen and oxygen atoms in total. The molecule has 0 spiro atoms. The van der Waals surface area contributed by atoms with Gasteiger partial charge in [0.2, 0.25) is 0 Å². The zero-order valence-electron chi connectivity index (χ0n) is 12.9. The van der Waals surface area contributed by atoms with Crippen molar-refractivity contribution in [2.45, 2.75) is 46.7 Å². The van der Waals surface area contributed by atoms with Crippen LogP contribution in [0.2, 0.25) is 0 Å². The standard InChI is InChI=1S/C16H27N3/c1-11(2)17-9-14-6-7-16(18-13(14)4)19(5)10-15-8-12(15)3/h6-7,11-12,15,17H,8-10H2,1-5H3. The number of aromatic nitrogens is 1. The number of hydrogen-bond acceptors (Lipinski definition) is 3. The lowest BCUT2D eigenvalue weighted by molar-refractivity contribution is 0.586. The second kappa shape index (κ2) is 5.91. The Morgan fingerprint density at radius 3 is 2.63 bits per heavy atom. The largest absolute Gasteiger partial charge is 0.359 e. The van der Waals surface area contributed by atoms with Crippen LogP contribution in [0.3, 0.4) is 0 Å². The molecule has 2 unspecified atom stereocenters. The number of nitrogens with zero attached hydrogens (tertiary/aromatic N) is 2. The van der Waals surface area contributed by atoms with Crippen molar-refractivity contribution in [1.29, 1.82) is 0 Å². The quantitative estimate of drug-likeness (QED) is 0.853. The highest BCUT2D eigenvalue weighted by Crippen LogP contribution is 2.38. The molecule has 1 heterocycles. The molecule has 2 atom stereocenters. The zero-order chi connectivity index (χ0) is 14.0. The van der Waals surface area contributed by atoms with E-state index in [1.165, 1.54) is 12.0 Å². The van der Waals surface area contributed by atoms with Crippen LogP contribution >= 0.6 is 0 Å². The second-order valence-corrected chi connectivity index (χ2v) is 6.30. The van der Waals surface area contributed by atoms with E-state index in [-0.39, 0.29) is 0 Å². The van der Waals surface area contributed by atoms with Crippen molar-refractivity contribution in [3.63, 3.8) is 0 Å². The highest BCUT2D eigenvalue weighted by molar-refractivity contribution is 5.41. The van der Waals surface area contributed by atoms with Crippen molar-refractivity contribution in [2.24, 2.45) is 11.8 Å². The van der Waals surface area contributed by atoms with Crippen LogP contribution < -0.4 is 10.2 Å². The van der Waals surface area contributed by atoms with Crippen LogP contribution in [0.4, 0.5) is 5.82 Å². The smallest absolute Gasteiger partial charge is 0.128 e. The third-order valence-corrected chi connectivity index (χ3v) is 4.06. The van der Waals surface area contributed by atoms with Crippen molar-refractivity contribution < 1.29 is 0 Å². The van der Waals surface area contributed by atoms with Gasteiger partial charge < -0.3 is 10.2 Å². The molecule has 1 aromatic heterocycles. The van der Waals surface area contributed by atoms with E-state index in [9.17, 15) is 0 Å². The molecule has 0 aliphatic heterocycles. The van der Waals surface area contributed by atoms with Gasteiger partial charge in [0.25, 0.3) is 0 Å². The highest BCUT2D eigenvalue weighted by Gasteiger charge is 2.33. The summed E-state index contributed by atoms with van der Waals surface area (Å²) in [7, 11) is 2.15. The van der Waals surface area contributed by atoms with Gasteiger partial charge in [-0.25, -0.2) is 4.98 Å². The monoisotopic (exact) mass is 261 g/mol. The number of rotatable bonds is 6. The number of anilines is 1. The summed E-state index contributed by atoms with van der Waals surface area (Å²) in [4.78, 5) is 7.04. The van der Waals surface area contributed by atoms with Crippen molar-refractivity contribution in [2.75, 3.05) is 18.5 Å². The Morgan fingerprint density at radius 1 is 1.42 bits per heavy atom. The molecule has 1 aliphatic rings. The third-order valence-electron chi connectivity index (χ3n) is 4.06. The molecule has 0 amide bonds. The number of hydrogen-bond donors (Lipinski definition) is 1. The van der Waals surface area contributed by atoms with Crippen LogP contribution in [0.1, 0.15) is 38.4 Å². The van der Waals surface area contributed by atoms with Crippen LogP contribution in [0.25, 0.3) is 0 Å². The number of aryl methyl sites for hydroxylation is 1. The summed E-state index contributed by atoms with van der Waals surface area (Å²) in [5.41, 5.74) is 2.44. The fourth-order valence-corrected chi connectivity index (χ4v) is 2.39. The molecule has 0 bridgehead atoms. The lowest BCUT2D eigenvalue weighted by Crippen LogP contribution is -2.24. The van der Waals surface area contributed by atoms with E-state index < -0.39 is 0 Å². The van der Waals surface area contributed by atoms with Gasteiger partial charge in [-0.2, -0.15) is 0 Å². The molecule has 3 heteroatoms. The second-order valence-electron chi connectivity index (χ2n) is 6.30. The average molecular weight is 261 g/mol.